The normalized spacial score (nSPS) is 10.8. The fourth-order valence-electron chi connectivity index (χ4n) is 2.31. The number of hydrogen-bond donors (Lipinski definition) is 1. The summed E-state index contributed by atoms with van der Waals surface area (Å²) in [6.45, 7) is 0.378. The van der Waals surface area contributed by atoms with Crippen LogP contribution >= 0.6 is 11.8 Å². The van der Waals surface area contributed by atoms with Gasteiger partial charge < -0.3 is 5.73 Å². The van der Waals surface area contributed by atoms with E-state index in [1.54, 1.807) is 23.0 Å². The van der Waals surface area contributed by atoms with Crippen molar-refractivity contribution in [1.82, 2.24) is 14.5 Å². The summed E-state index contributed by atoms with van der Waals surface area (Å²) in [5.74, 6) is 0.108. The first kappa shape index (κ1) is 16.2. The third-order valence-corrected chi connectivity index (χ3v) is 4.45. The number of thioether (sulfide) groups is 1. The van der Waals surface area contributed by atoms with Crippen molar-refractivity contribution >= 4 is 28.6 Å². The number of pyridine rings is 1. The minimum atomic E-state index is -0.371. The molecule has 1 aromatic carbocycles. The van der Waals surface area contributed by atoms with Crippen molar-refractivity contribution in [3.8, 4) is 0 Å². The van der Waals surface area contributed by atoms with Crippen LogP contribution in [0.25, 0.3) is 10.9 Å². The highest BCUT2D eigenvalue weighted by atomic mass is 32.2. The molecule has 0 unspecified atom stereocenters. The van der Waals surface area contributed by atoms with Gasteiger partial charge in [-0.05, 0) is 23.8 Å². The van der Waals surface area contributed by atoms with Crippen molar-refractivity contribution in [2.75, 3.05) is 5.75 Å². The second-order valence-corrected chi connectivity index (χ2v) is 6.29. The van der Waals surface area contributed by atoms with Crippen LogP contribution in [-0.2, 0) is 11.3 Å². The maximum Gasteiger partial charge on any atom is 0.262 e. The summed E-state index contributed by atoms with van der Waals surface area (Å²) < 4.78 is 1.62. The van der Waals surface area contributed by atoms with Crippen LogP contribution in [0.5, 0.6) is 0 Å². The lowest BCUT2D eigenvalue weighted by molar-refractivity contribution is -0.117. The summed E-state index contributed by atoms with van der Waals surface area (Å²) >= 11 is 1.35. The zero-order valence-electron chi connectivity index (χ0n) is 12.9. The molecular formula is C17H16N4O2S. The van der Waals surface area contributed by atoms with Crippen LogP contribution < -0.4 is 11.3 Å². The molecule has 2 heterocycles. The number of aromatic nitrogens is 3. The number of carbonyl (C=O) groups is 1. The smallest absolute Gasteiger partial charge is 0.262 e. The maximum atomic E-state index is 12.8. The lowest BCUT2D eigenvalue weighted by atomic mass is 10.2. The predicted octanol–water partition coefficient (Wildman–Crippen LogP) is 1.81. The molecule has 2 N–H and O–H groups in total. The van der Waals surface area contributed by atoms with Gasteiger partial charge >= 0.3 is 0 Å². The molecule has 7 heteroatoms. The van der Waals surface area contributed by atoms with E-state index in [2.05, 4.69) is 9.97 Å². The zero-order valence-corrected chi connectivity index (χ0v) is 13.7. The van der Waals surface area contributed by atoms with Crippen molar-refractivity contribution in [2.24, 2.45) is 5.73 Å². The number of carbonyl (C=O) groups excluding carboxylic acids is 1. The molecule has 0 radical (unpaired) electrons. The standard InChI is InChI=1S/C17H16N4O2S/c18-15(22)7-9-24-17-20-14-6-2-1-5-13(14)16(23)21(17)11-12-4-3-8-19-10-12/h1-6,8,10H,7,9,11H2,(H2,18,22). The van der Waals surface area contributed by atoms with Gasteiger partial charge in [-0.3, -0.25) is 19.1 Å². The summed E-state index contributed by atoms with van der Waals surface area (Å²) in [5.41, 5.74) is 6.64. The van der Waals surface area contributed by atoms with Gasteiger partial charge in [-0.15, -0.1) is 0 Å². The SMILES string of the molecule is NC(=O)CCSc1nc2ccccc2c(=O)n1Cc1cccnc1. The van der Waals surface area contributed by atoms with Crippen LogP contribution in [0.3, 0.4) is 0 Å². The van der Waals surface area contributed by atoms with E-state index in [0.717, 1.165) is 5.56 Å². The van der Waals surface area contributed by atoms with Gasteiger partial charge in [0, 0.05) is 24.6 Å². The Morgan fingerprint density at radius 3 is 2.79 bits per heavy atom. The number of amides is 1. The molecule has 3 aromatic rings. The second kappa shape index (κ2) is 7.27. The molecule has 0 fully saturated rings. The number of benzene rings is 1. The number of nitrogens with zero attached hydrogens (tertiary/aromatic N) is 3. The molecule has 6 nitrogen and oxygen atoms in total. The van der Waals surface area contributed by atoms with Crippen molar-refractivity contribution in [1.29, 1.82) is 0 Å². The molecule has 2 aromatic heterocycles. The Bertz CT molecular complexity index is 925. The van der Waals surface area contributed by atoms with Gasteiger partial charge in [0.15, 0.2) is 5.16 Å². The van der Waals surface area contributed by atoms with Gasteiger partial charge in [0.1, 0.15) is 0 Å². The minimum absolute atomic E-state index is 0.106. The molecule has 0 aliphatic carbocycles. The van der Waals surface area contributed by atoms with E-state index in [9.17, 15) is 9.59 Å². The molecule has 0 saturated carbocycles. The van der Waals surface area contributed by atoms with E-state index in [4.69, 9.17) is 5.73 Å². The van der Waals surface area contributed by atoms with Crippen LogP contribution in [-0.4, -0.2) is 26.2 Å². The van der Waals surface area contributed by atoms with Crippen LogP contribution in [0.1, 0.15) is 12.0 Å². The van der Waals surface area contributed by atoms with E-state index < -0.39 is 0 Å². The third-order valence-electron chi connectivity index (χ3n) is 3.47. The van der Waals surface area contributed by atoms with Crippen molar-refractivity contribution in [3.63, 3.8) is 0 Å². The quantitative estimate of drug-likeness (QED) is 0.546. The highest BCUT2D eigenvalue weighted by Crippen LogP contribution is 2.19. The Morgan fingerprint density at radius 2 is 2.04 bits per heavy atom. The molecule has 0 atom stereocenters. The largest absolute Gasteiger partial charge is 0.370 e. The molecule has 0 saturated heterocycles. The van der Waals surface area contributed by atoms with Gasteiger partial charge in [0.2, 0.25) is 5.91 Å². The van der Waals surface area contributed by atoms with E-state index in [1.807, 2.05) is 30.3 Å². The Labute approximate surface area is 142 Å². The third kappa shape index (κ3) is 3.62. The van der Waals surface area contributed by atoms with E-state index in [-0.39, 0.29) is 17.9 Å². The summed E-state index contributed by atoms with van der Waals surface area (Å²) in [6.07, 6.45) is 3.65. The average Bonchev–Trinajstić information content (AvgIpc) is 2.59. The molecule has 1 amide bonds. The molecule has 0 aliphatic heterocycles. The van der Waals surface area contributed by atoms with Crippen LogP contribution in [0.2, 0.25) is 0 Å². The first-order chi connectivity index (χ1) is 11.6. The summed E-state index contributed by atoms with van der Waals surface area (Å²) in [6, 6.07) is 11.0. The van der Waals surface area contributed by atoms with Gasteiger partial charge in [-0.25, -0.2) is 4.98 Å². The monoisotopic (exact) mass is 340 g/mol. The fraction of sp³-hybridized carbons (Fsp3) is 0.176. The molecule has 0 aliphatic rings. The Hall–Kier alpha value is -2.67. The van der Waals surface area contributed by atoms with Gasteiger partial charge in [-0.1, -0.05) is 30.0 Å². The molecular weight excluding hydrogens is 324 g/mol. The summed E-state index contributed by atoms with van der Waals surface area (Å²) in [5, 5.41) is 1.14. The molecule has 24 heavy (non-hydrogen) atoms. The van der Waals surface area contributed by atoms with Crippen molar-refractivity contribution in [2.45, 2.75) is 18.1 Å². The van der Waals surface area contributed by atoms with E-state index in [1.165, 1.54) is 11.8 Å². The second-order valence-electron chi connectivity index (χ2n) is 5.23. The average molecular weight is 340 g/mol. The number of nitrogens with two attached hydrogens (primary N) is 1. The highest BCUT2D eigenvalue weighted by Gasteiger charge is 2.12. The summed E-state index contributed by atoms with van der Waals surface area (Å²) in [4.78, 5) is 32.5. The lowest BCUT2D eigenvalue weighted by Gasteiger charge is -2.12. The molecule has 0 bridgehead atoms. The zero-order chi connectivity index (χ0) is 16.9. The number of rotatable bonds is 6. The van der Waals surface area contributed by atoms with Gasteiger partial charge in [0.25, 0.3) is 5.56 Å². The van der Waals surface area contributed by atoms with Crippen LogP contribution in [0.4, 0.5) is 0 Å². The van der Waals surface area contributed by atoms with Gasteiger partial charge in [-0.2, -0.15) is 0 Å². The number of primary amides is 1. The number of fused-ring (bicyclic) bond motifs is 1. The molecule has 3 rings (SSSR count). The van der Waals surface area contributed by atoms with Crippen molar-refractivity contribution < 1.29 is 4.79 Å². The van der Waals surface area contributed by atoms with Crippen LogP contribution in [0, 0.1) is 0 Å². The Kier molecular flexibility index (Phi) is 4.90. The van der Waals surface area contributed by atoms with E-state index >= 15 is 0 Å². The molecule has 0 spiro atoms. The minimum Gasteiger partial charge on any atom is -0.370 e. The van der Waals surface area contributed by atoms with Crippen molar-refractivity contribution in [3.05, 3.63) is 64.7 Å². The maximum absolute atomic E-state index is 12.8. The topological polar surface area (TPSA) is 90.9 Å². The first-order valence-electron chi connectivity index (χ1n) is 7.45. The number of hydrogen-bond acceptors (Lipinski definition) is 5. The van der Waals surface area contributed by atoms with Gasteiger partial charge in [0.05, 0.1) is 17.4 Å². The Morgan fingerprint density at radius 1 is 1.21 bits per heavy atom. The summed E-state index contributed by atoms with van der Waals surface area (Å²) in [7, 11) is 0. The van der Waals surface area contributed by atoms with Crippen LogP contribution in [0.15, 0.2) is 58.7 Å². The number of para-hydroxylation sites is 1. The van der Waals surface area contributed by atoms with E-state index in [0.29, 0.717) is 28.4 Å². The molecule has 122 valence electrons. The Balaban J connectivity index is 2.03. The first-order valence-corrected chi connectivity index (χ1v) is 8.43. The highest BCUT2D eigenvalue weighted by molar-refractivity contribution is 7.99. The predicted molar refractivity (Wildman–Crippen MR) is 93.9 cm³/mol. The fourth-order valence-corrected chi connectivity index (χ4v) is 3.27. The lowest BCUT2D eigenvalue weighted by Crippen LogP contribution is -2.24.